The second-order valence-corrected chi connectivity index (χ2v) is 6.69. The molecule has 1 aliphatic heterocycles. The molecule has 0 bridgehead atoms. The summed E-state index contributed by atoms with van der Waals surface area (Å²) in [5.41, 5.74) is 0.633. The monoisotopic (exact) mass is 344 g/mol. The minimum absolute atomic E-state index is 0.204. The molecule has 0 aliphatic carbocycles. The number of aromatic nitrogens is 2. The van der Waals surface area contributed by atoms with E-state index in [-0.39, 0.29) is 11.1 Å². The van der Waals surface area contributed by atoms with Gasteiger partial charge in [-0.3, -0.25) is 9.78 Å². The Morgan fingerprint density at radius 1 is 1.56 bits per heavy atom. The van der Waals surface area contributed by atoms with Crippen molar-refractivity contribution in [2.75, 3.05) is 25.0 Å². The number of aliphatic hydroxyl groups is 1. The summed E-state index contributed by atoms with van der Waals surface area (Å²) in [4.78, 5) is 21.4. The average molecular weight is 344 g/mol. The molecule has 25 heavy (non-hydrogen) atoms. The number of H-pyrrole nitrogens is 1. The quantitative estimate of drug-likeness (QED) is 0.832. The van der Waals surface area contributed by atoms with Gasteiger partial charge in [0.15, 0.2) is 0 Å². The van der Waals surface area contributed by atoms with Gasteiger partial charge in [0.05, 0.1) is 38.9 Å². The normalized spacial score (nSPS) is 20.4. The van der Waals surface area contributed by atoms with Crippen molar-refractivity contribution < 1.29 is 14.0 Å². The fourth-order valence-electron chi connectivity index (χ4n) is 3.19. The number of ether oxygens (including phenoxy) is 1. The lowest BCUT2D eigenvalue weighted by Gasteiger charge is -2.40. The van der Waals surface area contributed by atoms with Crippen LogP contribution in [-0.4, -0.2) is 40.8 Å². The van der Waals surface area contributed by atoms with Crippen molar-refractivity contribution in [3.63, 3.8) is 0 Å². The highest BCUT2D eigenvalue weighted by molar-refractivity contribution is 5.94. The number of aromatic amines is 1. The molecule has 0 radical (unpaired) electrons. The Hall–Kier alpha value is -2.36. The first kappa shape index (κ1) is 13.9. The molecule has 3 heterocycles. The number of piperidine rings is 1. The number of hydrogen-bond donors (Lipinski definition) is 2. The van der Waals surface area contributed by atoms with Crippen molar-refractivity contribution in [3.05, 3.63) is 33.9 Å². The van der Waals surface area contributed by atoms with E-state index in [2.05, 4.69) is 15.9 Å². The number of anilines is 1. The topological polar surface area (TPSA) is 78.5 Å². The zero-order valence-corrected chi connectivity index (χ0v) is 14.3. The van der Waals surface area contributed by atoms with Gasteiger partial charge in [0, 0.05) is 25.5 Å². The Bertz CT molecular complexity index is 984. The number of fused-ring (bicyclic) bond motifs is 1. The third kappa shape index (κ3) is 3.13. The van der Waals surface area contributed by atoms with Gasteiger partial charge in [0.2, 0.25) is 0 Å². The summed E-state index contributed by atoms with van der Waals surface area (Å²) in [6, 6.07) is 1.72. The Balaban J connectivity index is 2.04. The maximum Gasteiger partial charge on any atom is 0.266 e. The van der Waals surface area contributed by atoms with Crippen LogP contribution in [0.3, 0.4) is 0 Å². The van der Waals surface area contributed by atoms with Crippen molar-refractivity contribution in [2.45, 2.75) is 38.4 Å². The van der Waals surface area contributed by atoms with Crippen LogP contribution in [0.15, 0.2) is 17.1 Å². The van der Waals surface area contributed by atoms with Gasteiger partial charge < -0.3 is 19.7 Å². The van der Waals surface area contributed by atoms with Crippen LogP contribution < -0.4 is 10.5 Å². The van der Waals surface area contributed by atoms with E-state index in [1.165, 1.54) is 6.20 Å². The highest BCUT2D eigenvalue weighted by atomic mass is 16.5. The summed E-state index contributed by atoms with van der Waals surface area (Å²) < 4.78 is 27.4. The Morgan fingerprint density at radius 3 is 2.88 bits per heavy atom. The van der Waals surface area contributed by atoms with Gasteiger partial charge in [0.1, 0.15) is 5.56 Å². The molecule has 1 atom stereocenters. The lowest BCUT2D eigenvalue weighted by molar-refractivity contribution is -0.0132. The zero-order chi connectivity index (χ0) is 20.7. The maximum atomic E-state index is 12.5. The molecule has 1 aliphatic rings. The number of pyridine rings is 2. The molecule has 1 fully saturated rings. The first-order chi connectivity index (χ1) is 13.0. The van der Waals surface area contributed by atoms with E-state index in [1.54, 1.807) is 19.9 Å². The van der Waals surface area contributed by atoms with Crippen LogP contribution in [0.5, 0.6) is 0 Å². The molecule has 2 aromatic heterocycles. The molecule has 1 unspecified atom stereocenters. The SMILES string of the molecule is [2H]C([2H])([2H])OC1(C)CCN(c2c(C#C)c(=O)[nH]c3cnc(C(C)O)cc23)CC1. The second-order valence-electron chi connectivity index (χ2n) is 6.69. The van der Waals surface area contributed by atoms with Gasteiger partial charge in [0.25, 0.3) is 5.56 Å². The van der Waals surface area contributed by atoms with E-state index in [1.807, 2.05) is 4.90 Å². The Labute approximate surface area is 151 Å². The summed E-state index contributed by atoms with van der Waals surface area (Å²) in [5, 5.41) is 10.6. The van der Waals surface area contributed by atoms with E-state index >= 15 is 0 Å². The summed E-state index contributed by atoms with van der Waals surface area (Å²) in [6.45, 7) is 4.35. The van der Waals surface area contributed by atoms with E-state index in [4.69, 9.17) is 15.3 Å². The standard InChI is InChI=1S/C19H23N3O3/c1-5-13-17(22-8-6-19(3,25-4)7-9-22)14-10-15(12(2)23)20-11-16(14)21-18(13)24/h1,10-12,23H,6-9H2,2-4H3,(H,21,24)/i4D3. The van der Waals surface area contributed by atoms with Crippen molar-refractivity contribution in [1.82, 2.24) is 9.97 Å². The minimum Gasteiger partial charge on any atom is -0.387 e. The molecular weight excluding hydrogens is 318 g/mol. The van der Waals surface area contributed by atoms with Gasteiger partial charge in [-0.05, 0) is 32.8 Å². The number of nitrogens with zero attached hydrogens (tertiary/aromatic N) is 2. The molecule has 2 N–H and O–H groups in total. The second kappa shape index (κ2) is 6.51. The minimum atomic E-state index is -2.46. The number of aliphatic hydroxyl groups excluding tert-OH is 1. The smallest absolute Gasteiger partial charge is 0.266 e. The summed E-state index contributed by atoms with van der Waals surface area (Å²) >= 11 is 0. The number of rotatable bonds is 3. The average Bonchev–Trinajstić information content (AvgIpc) is 2.59. The van der Waals surface area contributed by atoms with Crippen molar-refractivity contribution >= 4 is 16.6 Å². The molecule has 6 heteroatoms. The van der Waals surface area contributed by atoms with Crippen molar-refractivity contribution in [1.29, 1.82) is 0 Å². The number of methoxy groups -OCH3 is 1. The summed E-state index contributed by atoms with van der Waals surface area (Å²) in [7, 11) is -2.46. The Kier molecular flexibility index (Phi) is 3.61. The van der Waals surface area contributed by atoms with Crippen LogP contribution in [-0.2, 0) is 4.74 Å². The van der Waals surface area contributed by atoms with E-state index in [0.29, 0.717) is 48.2 Å². The van der Waals surface area contributed by atoms with Crippen molar-refractivity contribution in [2.24, 2.45) is 0 Å². The fourth-order valence-corrected chi connectivity index (χ4v) is 3.19. The molecular formula is C19H23N3O3. The molecule has 0 spiro atoms. The lowest BCUT2D eigenvalue weighted by atomic mass is 9.92. The van der Waals surface area contributed by atoms with E-state index in [0.717, 1.165) is 0 Å². The summed E-state index contributed by atoms with van der Waals surface area (Å²) in [6.07, 6.45) is 7.30. The molecule has 1 saturated heterocycles. The first-order valence-corrected chi connectivity index (χ1v) is 8.19. The van der Waals surface area contributed by atoms with Crippen LogP contribution >= 0.6 is 0 Å². The van der Waals surface area contributed by atoms with E-state index < -0.39 is 18.7 Å². The third-order valence-corrected chi connectivity index (χ3v) is 4.85. The molecule has 3 rings (SSSR count). The third-order valence-electron chi connectivity index (χ3n) is 4.85. The van der Waals surface area contributed by atoms with Gasteiger partial charge in [-0.15, -0.1) is 6.42 Å². The van der Waals surface area contributed by atoms with Crippen LogP contribution in [0.1, 0.15) is 48.2 Å². The van der Waals surface area contributed by atoms with Crippen LogP contribution in [0.25, 0.3) is 10.9 Å². The number of terminal acetylenes is 1. The predicted octanol–water partition coefficient (Wildman–Crippen LogP) is 1.96. The maximum absolute atomic E-state index is 12.5. The lowest BCUT2D eigenvalue weighted by Crippen LogP contribution is -2.44. The van der Waals surface area contributed by atoms with Crippen LogP contribution in [0.2, 0.25) is 0 Å². The van der Waals surface area contributed by atoms with Gasteiger partial charge in [-0.25, -0.2) is 0 Å². The molecule has 132 valence electrons. The number of nitrogens with one attached hydrogen (secondary N) is 1. The molecule has 0 aromatic carbocycles. The molecule has 2 aromatic rings. The van der Waals surface area contributed by atoms with Crippen LogP contribution in [0.4, 0.5) is 5.69 Å². The van der Waals surface area contributed by atoms with E-state index in [9.17, 15) is 9.90 Å². The van der Waals surface area contributed by atoms with Crippen molar-refractivity contribution in [3.8, 4) is 12.3 Å². The molecule has 0 saturated carbocycles. The van der Waals surface area contributed by atoms with Crippen LogP contribution in [0, 0.1) is 12.3 Å². The highest BCUT2D eigenvalue weighted by Gasteiger charge is 2.31. The zero-order valence-electron chi connectivity index (χ0n) is 17.3. The van der Waals surface area contributed by atoms with Gasteiger partial charge in [-0.2, -0.15) is 0 Å². The number of hydrogen-bond acceptors (Lipinski definition) is 5. The largest absolute Gasteiger partial charge is 0.387 e. The highest BCUT2D eigenvalue weighted by Crippen LogP contribution is 2.33. The molecule has 6 nitrogen and oxygen atoms in total. The molecule has 0 amide bonds. The summed E-state index contributed by atoms with van der Waals surface area (Å²) in [5.74, 6) is 2.47. The predicted molar refractivity (Wildman–Crippen MR) is 97.8 cm³/mol. The van der Waals surface area contributed by atoms with Gasteiger partial charge in [-0.1, -0.05) is 5.92 Å². The Morgan fingerprint density at radius 2 is 2.28 bits per heavy atom. The first-order valence-electron chi connectivity index (χ1n) is 9.69. The fraction of sp³-hybridized carbons (Fsp3) is 0.474. The van der Waals surface area contributed by atoms with Gasteiger partial charge >= 0.3 is 0 Å².